The van der Waals surface area contributed by atoms with Crippen molar-refractivity contribution >= 4 is 12.1 Å². The molecule has 0 saturated heterocycles. The van der Waals surface area contributed by atoms with Crippen LogP contribution >= 0.6 is 0 Å². The summed E-state index contributed by atoms with van der Waals surface area (Å²) < 4.78 is 4.81. The van der Waals surface area contributed by atoms with Gasteiger partial charge in [-0.1, -0.05) is 30.3 Å². The Kier molecular flexibility index (Phi) is 4.27. The van der Waals surface area contributed by atoms with Gasteiger partial charge in [0.2, 0.25) is 5.54 Å². The van der Waals surface area contributed by atoms with E-state index in [4.69, 9.17) is 15.1 Å². The van der Waals surface area contributed by atoms with E-state index in [-0.39, 0.29) is 6.61 Å². The average molecular weight is 248 g/mol. The lowest BCUT2D eigenvalue weighted by atomic mass is 10.1. The second-order valence-corrected chi connectivity index (χ2v) is 3.73. The number of ether oxygens (including phenoxy) is 1. The molecule has 0 fully saturated rings. The van der Waals surface area contributed by atoms with Gasteiger partial charge >= 0.3 is 12.1 Å². The largest absolute Gasteiger partial charge is 0.479 e. The molecule has 0 bridgehead atoms. The number of aliphatic carboxylic acids is 1. The molecule has 1 aromatic carbocycles. The van der Waals surface area contributed by atoms with E-state index in [0.717, 1.165) is 12.5 Å². The molecule has 0 aliphatic carbocycles. The van der Waals surface area contributed by atoms with E-state index in [1.807, 2.05) is 11.4 Å². The van der Waals surface area contributed by atoms with Gasteiger partial charge in [-0.25, -0.2) is 9.59 Å². The van der Waals surface area contributed by atoms with Gasteiger partial charge in [0.05, 0.1) is 0 Å². The zero-order valence-corrected chi connectivity index (χ0v) is 9.71. The Labute approximate surface area is 104 Å². The lowest BCUT2D eigenvalue weighted by Crippen LogP contribution is -2.51. The van der Waals surface area contributed by atoms with E-state index in [2.05, 4.69) is 0 Å². The highest BCUT2D eigenvalue weighted by atomic mass is 16.5. The number of rotatable bonds is 4. The number of amides is 1. The van der Waals surface area contributed by atoms with E-state index >= 15 is 0 Å². The summed E-state index contributed by atoms with van der Waals surface area (Å²) in [6.45, 7) is 1.09. The van der Waals surface area contributed by atoms with Gasteiger partial charge in [-0.3, -0.25) is 5.32 Å². The number of carbonyl (C=O) groups excluding carboxylic acids is 1. The molecule has 1 amide bonds. The third-order valence-electron chi connectivity index (χ3n) is 2.22. The first-order valence-corrected chi connectivity index (χ1v) is 5.11. The molecule has 0 unspecified atom stereocenters. The SMILES string of the molecule is C[C@](C#N)(NC(=O)OCc1ccccc1)C(=O)O. The van der Waals surface area contributed by atoms with Crippen LogP contribution in [0.4, 0.5) is 4.79 Å². The standard InChI is InChI=1S/C12H12N2O4/c1-12(8-13,10(15)16)14-11(17)18-7-9-5-3-2-4-6-9/h2-6H,7H2,1H3,(H,14,17)(H,15,16)/t12-/m1/s1. The Balaban J connectivity index is 2.53. The summed E-state index contributed by atoms with van der Waals surface area (Å²) in [5, 5.41) is 19.5. The van der Waals surface area contributed by atoms with Crippen LogP contribution in [0.5, 0.6) is 0 Å². The zero-order valence-electron chi connectivity index (χ0n) is 9.71. The van der Waals surface area contributed by atoms with Crippen LogP contribution in [0.3, 0.4) is 0 Å². The summed E-state index contributed by atoms with van der Waals surface area (Å²) in [7, 11) is 0. The zero-order chi connectivity index (χ0) is 13.6. The molecule has 6 nitrogen and oxygen atoms in total. The second-order valence-electron chi connectivity index (χ2n) is 3.73. The number of nitrogens with one attached hydrogen (secondary N) is 1. The summed E-state index contributed by atoms with van der Waals surface area (Å²) in [5.41, 5.74) is -1.23. The maximum atomic E-state index is 11.3. The summed E-state index contributed by atoms with van der Waals surface area (Å²) >= 11 is 0. The van der Waals surface area contributed by atoms with Crippen LogP contribution in [0.25, 0.3) is 0 Å². The number of nitrogens with zero attached hydrogens (tertiary/aromatic N) is 1. The van der Waals surface area contributed by atoms with Crippen LogP contribution in [0.15, 0.2) is 30.3 Å². The number of benzene rings is 1. The van der Waals surface area contributed by atoms with Crippen LogP contribution in [0.2, 0.25) is 0 Å². The molecule has 0 spiro atoms. The molecular weight excluding hydrogens is 236 g/mol. The van der Waals surface area contributed by atoms with Crippen molar-refractivity contribution in [3.63, 3.8) is 0 Å². The first-order chi connectivity index (χ1) is 8.48. The minimum atomic E-state index is -1.99. The molecule has 6 heteroatoms. The Morgan fingerprint density at radius 2 is 2.06 bits per heavy atom. The van der Waals surface area contributed by atoms with Gasteiger partial charge in [-0.2, -0.15) is 5.26 Å². The summed E-state index contributed by atoms with van der Waals surface area (Å²) in [6, 6.07) is 10.4. The number of nitriles is 1. The van der Waals surface area contributed by atoms with Crippen molar-refractivity contribution < 1.29 is 19.4 Å². The van der Waals surface area contributed by atoms with Gasteiger partial charge in [0.25, 0.3) is 0 Å². The molecule has 18 heavy (non-hydrogen) atoms. The second kappa shape index (κ2) is 5.68. The molecule has 0 aliphatic rings. The van der Waals surface area contributed by atoms with E-state index < -0.39 is 17.6 Å². The van der Waals surface area contributed by atoms with Crippen LogP contribution in [0, 0.1) is 11.3 Å². The van der Waals surface area contributed by atoms with E-state index in [1.54, 1.807) is 24.3 Å². The van der Waals surface area contributed by atoms with Crippen molar-refractivity contribution in [2.45, 2.75) is 19.1 Å². The normalized spacial score (nSPS) is 12.9. The first-order valence-electron chi connectivity index (χ1n) is 5.11. The molecule has 0 aliphatic heterocycles. The van der Waals surface area contributed by atoms with Crippen molar-refractivity contribution in [2.75, 3.05) is 0 Å². The third-order valence-corrected chi connectivity index (χ3v) is 2.22. The van der Waals surface area contributed by atoms with Crippen LogP contribution < -0.4 is 5.32 Å². The van der Waals surface area contributed by atoms with Crippen molar-refractivity contribution in [1.29, 1.82) is 5.26 Å². The molecule has 1 atom stereocenters. The van der Waals surface area contributed by atoms with Gasteiger partial charge in [0.15, 0.2) is 0 Å². The van der Waals surface area contributed by atoms with Crippen LogP contribution in [0.1, 0.15) is 12.5 Å². The Bertz CT molecular complexity index is 481. The molecule has 0 aromatic heterocycles. The maximum absolute atomic E-state index is 11.3. The number of hydrogen-bond donors (Lipinski definition) is 2. The quantitative estimate of drug-likeness (QED) is 0.836. The van der Waals surface area contributed by atoms with Gasteiger partial charge in [-0.05, 0) is 12.5 Å². The van der Waals surface area contributed by atoms with E-state index in [9.17, 15) is 9.59 Å². The van der Waals surface area contributed by atoms with Crippen LogP contribution in [-0.2, 0) is 16.1 Å². The molecule has 1 rings (SSSR count). The molecule has 94 valence electrons. The van der Waals surface area contributed by atoms with Gasteiger partial charge in [-0.15, -0.1) is 0 Å². The number of carboxylic acid groups (broad SMARTS) is 1. The summed E-state index contributed by atoms with van der Waals surface area (Å²) in [6.07, 6.45) is -0.953. The molecule has 0 heterocycles. The van der Waals surface area contributed by atoms with E-state index in [0.29, 0.717) is 0 Å². The lowest BCUT2D eigenvalue weighted by molar-refractivity contribution is -0.141. The summed E-state index contributed by atoms with van der Waals surface area (Å²) in [4.78, 5) is 22.1. The molecule has 0 radical (unpaired) electrons. The first kappa shape index (κ1) is 13.5. The number of carboxylic acids is 1. The highest BCUT2D eigenvalue weighted by molar-refractivity contribution is 5.86. The fraction of sp³-hybridized carbons (Fsp3) is 0.250. The highest BCUT2D eigenvalue weighted by Gasteiger charge is 2.35. The van der Waals surface area contributed by atoms with Gasteiger partial charge in [0, 0.05) is 0 Å². The van der Waals surface area contributed by atoms with Gasteiger partial charge < -0.3 is 9.84 Å². The van der Waals surface area contributed by atoms with E-state index in [1.165, 1.54) is 6.07 Å². The minimum absolute atomic E-state index is 0.00774. The Morgan fingerprint density at radius 1 is 1.44 bits per heavy atom. The average Bonchev–Trinajstić information content (AvgIpc) is 2.37. The predicted octanol–water partition coefficient (Wildman–Crippen LogP) is 1.28. The smallest absolute Gasteiger partial charge is 0.409 e. The Morgan fingerprint density at radius 3 is 2.56 bits per heavy atom. The van der Waals surface area contributed by atoms with Crippen molar-refractivity contribution in [2.24, 2.45) is 0 Å². The van der Waals surface area contributed by atoms with Crippen molar-refractivity contribution in [3.8, 4) is 6.07 Å². The molecule has 2 N–H and O–H groups in total. The molecule has 1 aromatic rings. The topological polar surface area (TPSA) is 99.4 Å². The fourth-order valence-corrected chi connectivity index (χ4v) is 1.09. The highest BCUT2D eigenvalue weighted by Crippen LogP contribution is 2.04. The lowest BCUT2D eigenvalue weighted by Gasteiger charge is -2.17. The minimum Gasteiger partial charge on any atom is -0.479 e. The van der Waals surface area contributed by atoms with Gasteiger partial charge in [0.1, 0.15) is 12.7 Å². The summed E-state index contributed by atoms with van der Waals surface area (Å²) in [5.74, 6) is -1.44. The monoisotopic (exact) mass is 248 g/mol. The molecular formula is C12H12N2O4. The number of alkyl carbamates (subject to hydrolysis) is 1. The van der Waals surface area contributed by atoms with Crippen molar-refractivity contribution in [1.82, 2.24) is 5.32 Å². The van der Waals surface area contributed by atoms with Crippen molar-refractivity contribution in [3.05, 3.63) is 35.9 Å². The van der Waals surface area contributed by atoms with Crippen LogP contribution in [-0.4, -0.2) is 22.7 Å². The Hall–Kier alpha value is -2.55. The number of hydrogen-bond acceptors (Lipinski definition) is 4. The maximum Gasteiger partial charge on any atom is 0.409 e. The predicted molar refractivity (Wildman–Crippen MR) is 61.4 cm³/mol. The third kappa shape index (κ3) is 3.49. The molecule has 0 saturated carbocycles. The number of carbonyl (C=O) groups is 2. The fourth-order valence-electron chi connectivity index (χ4n) is 1.09.